The molecule has 0 aliphatic carbocycles. The van der Waals surface area contributed by atoms with Crippen molar-refractivity contribution in [3.05, 3.63) is 45.6 Å². The Labute approximate surface area is 182 Å². The number of halogens is 2. The largest absolute Gasteiger partial charge is 0.329 e. The van der Waals surface area contributed by atoms with Crippen molar-refractivity contribution in [3.8, 4) is 0 Å². The second-order valence-corrected chi connectivity index (χ2v) is 8.86. The van der Waals surface area contributed by atoms with Gasteiger partial charge in [0.2, 0.25) is 5.91 Å². The Bertz CT molecular complexity index is 887. The monoisotopic (exact) mass is 438 g/mol. The van der Waals surface area contributed by atoms with E-state index in [4.69, 9.17) is 23.2 Å². The molecule has 0 atom stereocenters. The first-order valence-corrected chi connectivity index (χ1v) is 10.4. The highest BCUT2D eigenvalue weighted by Gasteiger charge is 2.22. The average Bonchev–Trinajstić information content (AvgIpc) is 3.01. The number of anilines is 1. The molecule has 0 aliphatic rings. The summed E-state index contributed by atoms with van der Waals surface area (Å²) in [5.74, 6) is 0.0582. The van der Waals surface area contributed by atoms with Gasteiger partial charge >= 0.3 is 0 Å². The maximum Gasteiger partial charge on any atom is 0.254 e. The molecule has 0 radical (unpaired) electrons. The fourth-order valence-corrected chi connectivity index (χ4v) is 3.02. The predicted octanol–water partition coefficient (Wildman–Crippen LogP) is 4.91. The van der Waals surface area contributed by atoms with Gasteiger partial charge in [0.15, 0.2) is 0 Å². The van der Waals surface area contributed by atoms with Crippen molar-refractivity contribution in [1.82, 2.24) is 14.7 Å². The Kier molecular flexibility index (Phi) is 7.72. The number of carbonyl (C=O) groups is 2. The molecule has 6 nitrogen and oxygen atoms in total. The van der Waals surface area contributed by atoms with Gasteiger partial charge in [-0.25, -0.2) is 0 Å². The van der Waals surface area contributed by atoms with Gasteiger partial charge in [-0.15, -0.1) is 0 Å². The third kappa shape index (κ3) is 6.21. The van der Waals surface area contributed by atoms with Crippen molar-refractivity contribution in [3.63, 3.8) is 0 Å². The van der Waals surface area contributed by atoms with Crippen LogP contribution in [0.25, 0.3) is 0 Å². The molecule has 0 bridgehead atoms. The van der Waals surface area contributed by atoms with Crippen LogP contribution in [0.15, 0.2) is 24.3 Å². The average molecular weight is 439 g/mol. The van der Waals surface area contributed by atoms with Crippen molar-refractivity contribution in [1.29, 1.82) is 0 Å². The highest BCUT2D eigenvalue weighted by molar-refractivity contribution is 6.42. The van der Waals surface area contributed by atoms with Gasteiger partial charge in [-0.1, -0.05) is 57.3 Å². The normalized spacial score (nSPS) is 11.4. The van der Waals surface area contributed by atoms with Crippen LogP contribution in [0.2, 0.25) is 10.0 Å². The van der Waals surface area contributed by atoms with Crippen LogP contribution in [-0.4, -0.2) is 39.6 Å². The second kappa shape index (κ2) is 9.63. The van der Waals surface area contributed by atoms with Gasteiger partial charge in [0, 0.05) is 30.6 Å². The summed E-state index contributed by atoms with van der Waals surface area (Å²) in [6.45, 7) is 8.62. The number of carbonyl (C=O) groups excluding carboxylic acids is 2. The fourth-order valence-electron chi connectivity index (χ4n) is 2.72. The van der Waals surface area contributed by atoms with E-state index in [1.54, 1.807) is 23.9 Å². The third-order valence-electron chi connectivity index (χ3n) is 4.49. The lowest BCUT2D eigenvalue weighted by atomic mass is 9.92. The number of unbranched alkanes of at least 4 members (excludes halogenated alkanes) is 1. The Morgan fingerprint density at radius 2 is 1.86 bits per heavy atom. The van der Waals surface area contributed by atoms with E-state index in [0.717, 1.165) is 18.5 Å². The summed E-state index contributed by atoms with van der Waals surface area (Å²) in [5, 5.41) is 8.00. The molecule has 0 saturated heterocycles. The Morgan fingerprint density at radius 3 is 2.41 bits per heavy atom. The van der Waals surface area contributed by atoms with E-state index in [0.29, 0.717) is 28.0 Å². The number of nitrogens with zero attached hydrogens (tertiary/aromatic N) is 3. The number of amides is 2. The summed E-state index contributed by atoms with van der Waals surface area (Å²) in [6.07, 6.45) is 1.70. The summed E-state index contributed by atoms with van der Waals surface area (Å²) in [4.78, 5) is 27.1. The quantitative estimate of drug-likeness (QED) is 0.667. The zero-order valence-corrected chi connectivity index (χ0v) is 19.1. The zero-order valence-electron chi connectivity index (χ0n) is 17.6. The van der Waals surface area contributed by atoms with Crippen LogP contribution in [0.1, 0.15) is 56.6 Å². The van der Waals surface area contributed by atoms with Crippen molar-refractivity contribution < 1.29 is 9.59 Å². The molecule has 0 spiro atoms. The molecular weight excluding hydrogens is 411 g/mol. The van der Waals surface area contributed by atoms with Crippen molar-refractivity contribution in [2.45, 2.75) is 46.0 Å². The summed E-state index contributed by atoms with van der Waals surface area (Å²) in [5.41, 5.74) is 1.15. The van der Waals surface area contributed by atoms with E-state index in [2.05, 4.69) is 31.2 Å². The minimum Gasteiger partial charge on any atom is -0.329 e. The number of aromatic nitrogens is 2. The molecule has 2 rings (SSSR count). The standard InChI is InChI=1S/C21H28Cl2N4O2/c1-6-7-10-27(20(29)14-8-9-15(22)16(23)11-14)13-19(28)24-18-12-17(21(2,3)4)25-26(18)5/h8-9,11-12H,6-7,10,13H2,1-5H3,(H,24,28). The molecule has 1 aromatic carbocycles. The molecule has 0 aliphatic heterocycles. The zero-order chi connectivity index (χ0) is 21.8. The summed E-state index contributed by atoms with van der Waals surface area (Å²) >= 11 is 12.0. The maximum atomic E-state index is 12.9. The molecule has 1 N–H and O–H groups in total. The summed E-state index contributed by atoms with van der Waals surface area (Å²) in [7, 11) is 1.78. The van der Waals surface area contributed by atoms with E-state index in [9.17, 15) is 9.59 Å². The van der Waals surface area contributed by atoms with Crippen LogP contribution in [0.3, 0.4) is 0 Å². The molecule has 0 saturated carbocycles. The van der Waals surface area contributed by atoms with Crippen LogP contribution >= 0.6 is 23.2 Å². The molecule has 29 heavy (non-hydrogen) atoms. The second-order valence-electron chi connectivity index (χ2n) is 8.05. The molecule has 2 aromatic rings. The molecule has 1 aromatic heterocycles. The number of rotatable bonds is 7. The summed E-state index contributed by atoms with van der Waals surface area (Å²) in [6, 6.07) is 6.58. The SMILES string of the molecule is CCCCN(CC(=O)Nc1cc(C(C)(C)C)nn1C)C(=O)c1ccc(Cl)c(Cl)c1. The minimum absolute atomic E-state index is 0.0604. The van der Waals surface area contributed by atoms with Gasteiger partial charge in [-0.3, -0.25) is 14.3 Å². The molecule has 2 amide bonds. The first-order chi connectivity index (χ1) is 13.5. The lowest BCUT2D eigenvalue weighted by Gasteiger charge is -2.22. The first-order valence-electron chi connectivity index (χ1n) is 9.61. The maximum absolute atomic E-state index is 12.9. The number of hydrogen-bond acceptors (Lipinski definition) is 3. The topological polar surface area (TPSA) is 67.2 Å². The summed E-state index contributed by atoms with van der Waals surface area (Å²) < 4.78 is 1.63. The molecule has 0 unspecified atom stereocenters. The van der Waals surface area contributed by atoms with Crippen LogP contribution in [0.4, 0.5) is 5.82 Å². The Morgan fingerprint density at radius 1 is 1.17 bits per heavy atom. The fraction of sp³-hybridized carbons (Fsp3) is 0.476. The number of hydrogen-bond donors (Lipinski definition) is 1. The first kappa shape index (κ1) is 23.2. The van der Waals surface area contributed by atoms with Crippen LogP contribution in [0, 0.1) is 0 Å². The van der Waals surface area contributed by atoms with E-state index in [-0.39, 0.29) is 23.8 Å². The van der Waals surface area contributed by atoms with Crippen molar-refractivity contribution in [2.24, 2.45) is 7.05 Å². The van der Waals surface area contributed by atoms with E-state index in [1.165, 1.54) is 11.0 Å². The minimum atomic E-state index is -0.280. The smallest absolute Gasteiger partial charge is 0.254 e. The molecule has 1 heterocycles. The molecule has 0 fully saturated rings. The number of aryl methyl sites for hydroxylation is 1. The van der Waals surface area contributed by atoms with Gasteiger partial charge in [-0.05, 0) is 24.6 Å². The van der Waals surface area contributed by atoms with Gasteiger partial charge in [0.1, 0.15) is 12.4 Å². The van der Waals surface area contributed by atoms with Crippen LogP contribution in [0.5, 0.6) is 0 Å². The van der Waals surface area contributed by atoms with Gasteiger partial charge in [0.25, 0.3) is 5.91 Å². The molecule has 158 valence electrons. The highest BCUT2D eigenvalue weighted by atomic mass is 35.5. The predicted molar refractivity (Wildman–Crippen MR) is 118 cm³/mol. The highest BCUT2D eigenvalue weighted by Crippen LogP contribution is 2.24. The lowest BCUT2D eigenvalue weighted by molar-refractivity contribution is -0.117. The Balaban J connectivity index is 2.15. The lowest BCUT2D eigenvalue weighted by Crippen LogP contribution is -2.39. The molecular formula is C21H28Cl2N4O2. The molecule has 8 heteroatoms. The van der Waals surface area contributed by atoms with Gasteiger partial charge < -0.3 is 10.2 Å². The van der Waals surface area contributed by atoms with Gasteiger partial charge in [0.05, 0.1) is 15.7 Å². The van der Waals surface area contributed by atoms with E-state index in [1.807, 2.05) is 13.0 Å². The van der Waals surface area contributed by atoms with Crippen molar-refractivity contribution >= 4 is 40.8 Å². The van der Waals surface area contributed by atoms with Crippen LogP contribution in [-0.2, 0) is 17.3 Å². The van der Waals surface area contributed by atoms with Gasteiger partial charge in [-0.2, -0.15) is 5.10 Å². The Hall–Kier alpha value is -2.05. The number of benzene rings is 1. The van der Waals surface area contributed by atoms with E-state index >= 15 is 0 Å². The third-order valence-corrected chi connectivity index (χ3v) is 5.22. The van der Waals surface area contributed by atoms with Crippen LogP contribution < -0.4 is 5.32 Å². The van der Waals surface area contributed by atoms with Crippen molar-refractivity contribution in [2.75, 3.05) is 18.4 Å². The van der Waals surface area contributed by atoms with E-state index < -0.39 is 0 Å². The number of nitrogens with one attached hydrogen (secondary N) is 1.